The zero-order chi connectivity index (χ0) is 15.7. The molecule has 22 heavy (non-hydrogen) atoms. The Morgan fingerprint density at radius 3 is 2.32 bits per heavy atom. The van der Waals surface area contributed by atoms with Gasteiger partial charge in [-0.3, -0.25) is 0 Å². The van der Waals surface area contributed by atoms with Crippen molar-refractivity contribution in [2.45, 2.75) is 0 Å². The molecular formula is C15H9Cl2N3O2. The van der Waals surface area contributed by atoms with Crippen molar-refractivity contribution in [1.82, 2.24) is 15.4 Å². The highest BCUT2D eigenvalue weighted by Gasteiger charge is 2.17. The van der Waals surface area contributed by atoms with Gasteiger partial charge in [0.1, 0.15) is 5.69 Å². The molecule has 0 bridgehead atoms. The summed E-state index contributed by atoms with van der Waals surface area (Å²) in [6.07, 6.45) is 0. The highest BCUT2D eigenvalue weighted by molar-refractivity contribution is 6.33. The molecule has 2 aromatic carbocycles. The van der Waals surface area contributed by atoms with E-state index < -0.39 is 5.97 Å². The van der Waals surface area contributed by atoms with Gasteiger partial charge in [0, 0.05) is 21.2 Å². The number of nitrogens with one attached hydrogen (secondary N) is 1. The molecule has 2 N–H and O–H groups in total. The molecule has 0 spiro atoms. The van der Waals surface area contributed by atoms with Gasteiger partial charge in [0.15, 0.2) is 5.69 Å². The maximum Gasteiger partial charge on any atom is 0.358 e. The lowest BCUT2D eigenvalue weighted by atomic mass is 10.0. The fourth-order valence-electron chi connectivity index (χ4n) is 2.11. The summed E-state index contributed by atoms with van der Waals surface area (Å²) < 4.78 is 0. The first-order valence-electron chi connectivity index (χ1n) is 6.26. The number of rotatable bonds is 3. The summed E-state index contributed by atoms with van der Waals surface area (Å²) in [4.78, 5) is 11.1. The Hall–Kier alpha value is -2.37. The van der Waals surface area contributed by atoms with Crippen molar-refractivity contribution in [3.8, 4) is 22.4 Å². The number of aromatic carboxylic acids is 1. The van der Waals surface area contributed by atoms with Crippen LogP contribution in [-0.4, -0.2) is 26.5 Å². The van der Waals surface area contributed by atoms with Gasteiger partial charge in [-0.1, -0.05) is 47.5 Å². The van der Waals surface area contributed by atoms with Gasteiger partial charge in [-0.2, -0.15) is 10.3 Å². The van der Waals surface area contributed by atoms with Gasteiger partial charge in [-0.15, -0.1) is 5.10 Å². The van der Waals surface area contributed by atoms with Crippen molar-refractivity contribution in [3.63, 3.8) is 0 Å². The third-order valence-electron chi connectivity index (χ3n) is 3.15. The third-order valence-corrected chi connectivity index (χ3v) is 3.71. The number of benzene rings is 2. The molecule has 5 nitrogen and oxygen atoms in total. The van der Waals surface area contributed by atoms with Gasteiger partial charge in [0.05, 0.1) is 0 Å². The van der Waals surface area contributed by atoms with E-state index in [9.17, 15) is 4.79 Å². The average molecular weight is 334 g/mol. The van der Waals surface area contributed by atoms with Crippen LogP contribution in [0.25, 0.3) is 22.4 Å². The predicted molar refractivity (Wildman–Crippen MR) is 84.2 cm³/mol. The summed E-state index contributed by atoms with van der Waals surface area (Å²) in [5.41, 5.74) is 2.42. The van der Waals surface area contributed by atoms with Crippen LogP contribution in [0.4, 0.5) is 0 Å². The van der Waals surface area contributed by atoms with Crippen LogP contribution < -0.4 is 0 Å². The predicted octanol–water partition coefficient (Wildman–Crippen LogP) is 4.14. The molecule has 0 unspecified atom stereocenters. The van der Waals surface area contributed by atoms with Gasteiger partial charge in [0.25, 0.3) is 0 Å². The number of halogens is 2. The molecule has 3 rings (SSSR count). The van der Waals surface area contributed by atoms with E-state index in [0.717, 1.165) is 11.1 Å². The number of carboxylic acid groups (broad SMARTS) is 1. The van der Waals surface area contributed by atoms with E-state index in [1.165, 1.54) is 0 Å². The summed E-state index contributed by atoms with van der Waals surface area (Å²) in [5.74, 6) is -1.15. The van der Waals surface area contributed by atoms with Gasteiger partial charge in [-0.05, 0) is 23.8 Å². The molecule has 0 atom stereocenters. The second kappa shape index (κ2) is 5.79. The molecular weight excluding hydrogens is 325 g/mol. The van der Waals surface area contributed by atoms with Crippen LogP contribution in [0, 0.1) is 0 Å². The zero-order valence-corrected chi connectivity index (χ0v) is 12.6. The Morgan fingerprint density at radius 1 is 1.00 bits per heavy atom. The number of carboxylic acids is 1. The molecule has 0 saturated heterocycles. The maximum atomic E-state index is 11.1. The first-order chi connectivity index (χ1) is 10.6. The van der Waals surface area contributed by atoms with Gasteiger partial charge >= 0.3 is 5.97 Å². The summed E-state index contributed by atoms with van der Waals surface area (Å²) in [5, 5.41) is 20.0. The van der Waals surface area contributed by atoms with Crippen LogP contribution in [-0.2, 0) is 0 Å². The maximum absolute atomic E-state index is 11.1. The lowest BCUT2D eigenvalue weighted by Crippen LogP contribution is -1.99. The van der Waals surface area contributed by atoms with E-state index in [4.69, 9.17) is 28.3 Å². The standard InChI is InChI=1S/C15H9Cl2N3O2/c16-10-4-1-8(2-5-10)11-6-3-9(7-12(11)17)13-14(15(21)22)19-20-18-13/h1-7H,(H,21,22)(H,18,19,20). The highest BCUT2D eigenvalue weighted by atomic mass is 35.5. The fraction of sp³-hybridized carbons (Fsp3) is 0. The number of aromatic nitrogens is 3. The summed E-state index contributed by atoms with van der Waals surface area (Å²) in [6, 6.07) is 12.5. The van der Waals surface area contributed by atoms with Gasteiger partial charge in [-0.25, -0.2) is 4.79 Å². The van der Waals surface area contributed by atoms with E-state index in [0.29, 0.717) is 15.6 Å². The van der Waals surface area contributed by atoms with Crippen molar-refractivity contribution < 1.29 is 9.90 Å². The summed E-state index contributed by atoms with van der Waals surface area (Å²) in [7, 11) is 0. The van der Waals surface area contributed by atoms with Crippen LogP contribution >= 0.6 is 23.2 Å². The van der Waals surface area contributed by atoms with Crippen LogP contribution in [0.2, 0.25) is 10.0 Å². The number of aromatic amines is 1. The quantitative estimate of drug-likeness (QED) is 0.754. The Kier molecular flexibility index (Phi) is 3.83. The Balaban J connectivity index is 2.04. The molecule has 110 valence electrons. The Bertz CT molecular complexity index is 844. The number of H-pyrrole nitrogens is 1. The molecule has 0 aliphatic rings. The van der Waals surface area contributed by atoms with Gasteiger partial charge in [0.2, 0.25) is 0 Å². The lowest BCUT2D eigenvalue weighted by molar-refractivity contribution is 0.0691. The first-order valence-corrected chi connectivity index (χ1v) is 7.02. The van der Waals surface area contributed by atoms with Crippen LogP contribution in [0.15, 0.2) is 42.5 Å². The van der Waals surface area contributed by atoms with E-state index in [1.807, 2.05) is 12.1 Å². The number of nitrogens with zero attached hydrogens (tertiary/aromatic N) is 2. The molecule has 0 aliphatic heterocycles. The highest BCUT2D eigenvalue weighted by Crippen LogP contribution is 2.32. The van der Waals surface area contributed by atoms with E-state index in [2.05, 4.69) is 15.4 Å². The Labute approximate surface area is 135 Å². The van der Waals surface area contributed by atoms with E-state index in [1.54, 1.807) is 30.3 Å². The molecule has 1 aromatic heterocycles. The van der Waals surface area contributed by atoms with Gasteiger partial charge < -0.3 is 5.11 Å². The SMILES string of the molecule is O=C(O)c1n[nH]nc1-c1ccc(-c2ccc(Cl)cc2)c(Cl)c1. The monoisotopic (exact) mass is 333 g/mol. The lowest BCUT2D eigenvalue weighted by Gasteiger charge is -2.07. The van der Waals surface area contributed by atoms with E-state index in [-0.39, 0.29) is 11.4 Å². The average Bonchev–Trinajstić information content (AvgIpc) is 2.98. The largest absolute Gasteiger partial charge is 0.476 e. The normalized spacial score (nSPS) is 10.6. The molecule has 7 heteroatoms. The minimum atomic E-state index is -1.15. The molecule has 1 heterocycles. The first kappa shape index (κ1) is 14.6. The molecule has 0 fully saturated rings. The second-order valence-corrected chi connectivity index (χ2v) is 5.37. The number of carbonyl (C=O) groups is 1. The molecule has 0 aliphatic carbocycles. The minimum absolute atomic E-state index is 0.143. The zero-order valence-electron chi connectivity index (χ0n) is 11.0. The number of hydrogen-bond donors (Lipinski definition) is 2. The second-order valence-electron chi connectivity index (χ2n) is 4.53. The molecule has 0 amide bonds. The van der Waals surface area contributed by atoms with Crippen LogP contribution in [0.1, 0.15) is 10.5 Å². The van der Waals surface area contributed by atoms with Crippen molar-refractivity contribution in [2.24, 2.45) is 0 Å². The van der Waals surface area contributed by atoms with Crippen molar-refractivity contribution in [2.75, 3.05) is 0 Å². The van der Waals surface area contributed by atoms with E-state index >= 15 is 0 Å². The van der Waals surface area contributed by atoms with Crippen molar-refractivity contribution in [1.29, 1.82) is 0 Å². The topological polar surface area (TPSA) is 78.9 Å². The number of hydrogen-bond acceptors (Lipinski definition) is 3. The third kappa shape index (κ3) is 2.68. The van der Waals surface area contributed by atoms with Crippen LogP contribution in [0.3, 0.4) is 0 Å². The molecule has 0 saturated carbocycles. The fourth-order valence-corrected chi connectivity index (χ4v) is 2.52. The smallest absolute Gasteiger partial charge is 0.358 e. The molecule has 3 aromatic rings. The van der Waals surface area contributed by atoms with Crippen molar-refractivity contribution in [3.05, 3.63) is 58.2 Å². The van der Waals surface area contributed by atoms with Crippen molar-refractivity contribution >= 4 is 29.2 Å². The summed E-state index contributed by atoms with van der Waals surface area (Å²) in [6.45, 7) is 0. The molecule has 0 radical (unpaired) electrons. The minimum Gasteiger partial charge on any atom is -0.476 e. The van der Waals surface area contributed by atoms with Crippen LogP contribution in [0.5, 0.6) is 0 Å². The Morgan fingerprint density at radius 2 is 1.68 bits per heavy atom. The summed E-state index contributed by atoms with van der Waals surface area (Å²) >= 11 is 12.2.